The molecule has 0 fully saturated rings. The topological polar surface area (TPSA) is 194 Å². The number of nitrogens with two attached hydrogens (primary N) is 2. The van der Waals surface area contributed by atoms with Crippen LogP contribution in [0.3, 0.4) is 0 Å². The summed E-state index contributed by atoms with van der Waals surface area (Å²) in [5, 5.41) is 15.0. The number of hydrogen-bond acceptors (Lipinski definition) is 7. The third-order valence-corrected chi connectivity index (χ3v) is 3.10. The van der Waals surface area contributed by atoms with Crippen molar-refractivity contribution in [1.29, 1.82) is 0 Å². The number of thiol groups is 1. The van der Waals surface area contributed by atoms with Gasteiger partial charge in [0.25, 0.3) is 0 Å². The molecule has 0 heterocycles. The van der Waals surface area contributed by atoms with Crippen molar-refractivity contribution in [3.05, 3.63) is 0 Å². The standard InChI is InChI=1S/C12H21N5O6S/c13-6(5-24)11(22)17-7(1-2-8(14)18)12(23)16-3-9(19)15-4-10(20)21/h6-7,24H,1-5,13H2,(H2,14,18)(H,15,19)(H,16,23)(H,17,22)(H,20,21). The van der Waals surface area contributed by atoms with E-state index in [4.69, 9.17) is 16.6 Å². The Balaban J connectivity index is 4.61. The average Bonchev–Trinajstić information content (AvgIpc) is 2.52. The average molecular weight is 363 g/mol. The fraction of sp³-hybridized carbons (Fsp3) is 0.583. The molecule has 8 N–H and O–H groups in total. The SMILES string of the molecule is NC(=O)CCC(NC(=O)C(N)CS)C(=O)NCC(=O)NCC(=O)O. The number of carboxylic acid groups (broad SMARTS) is 1. The first-order chi connectivity index (χ1) is 11.2. The molecule has 0 saturated heterocycles. The first kappa shape index (κ1) is 21.7. The molecule has 0 aliphatic heterocycles. The molecule has 0 bridgehead atoms. The van der Waals surface area contributed by atoms with Gasteiger partial charge in [0.2, 0.25) is 23.6 Å². The van der Waals surface area contributed by atoms with Crippen molar-refractivity contribution < 1.29 is 29.1 Å². The lowest BCUT2D eigenvalue weighted by molar-refractivity contribution is -0.138. The van der Waals surface area contributed by atoms with Crippen LogP contribution in [-0.4, -0.2) is 65.6 Å². The van der Waals surface area contributed by atoms with Crippen LogP contribution in [0, 0.1) is 0 Å². The highest BCUT2D eigenvalue weighted by Crippen LogP contribution is 1.99. The van der Waals surface area contributed by atoms with Gasteiger partial charge in [-0.25, -0.2) is 0 Å². The first-order valence-electron chi connectivity index (χ1n) is 6.88. The second kappa shape index (κ2) is 11.2. The number of amides is 4. The minimum Gasteiger partial charge on any atom is -0.480 e. The number of primary amides is 1. The number of aliphatic carboxylic acids is 1. The van der Waals surface area contributed by atoms with Crippen LogP contribution in [0.2, 0.25) is 0 Å². The van der Waals surface area contributed by atoms with Gasteiger partial charge in [-0.3, -0.25) is 24.0 Å². The molecule has 0 aromatic heterocycles. The third kappa shape index (κ3) is 9.63. The largest absolute Gasteiger partial charge is 0.480 e. The molecule has 0 aromatic carbocycles. The predicted molar refractivity (Wildman–Crippen MR) is 85.8 cm³/mol. The van der Waals surface area contributed by atoms with Crippen LogP contribution < -0.4 is 27.4 Å². The minimum absolute atomic E-state index is 0.0492. The lowest BCUT2D eigenvalue weighted by atomic mass is 10.1. The van der Waals surface area contributed by atoms with Gasteiger partial charge >= 0.3 is 5.97 Å². The summed E-state index contributed by atoms with van der Waals surface area (Å²) in [7, 11) is 0. The molecule has 12 heteroatoms. The van der Waals surface area contributed by atoms with Gasteiger partial charge in [0.15, 0.2) is 0 Å². The maximum atomic E-state index is 12.0. The maximum absolute atomic E-state index is 12.0. The van der Waals surface area contributed by atoms with E-state index in [0.29, 0.717) is 0 Å². The Hall–Kier alpha value is -2.34. The van der Waals surface area contributed by atoms with Crippen LogP contribution in [0.25, 0.3) is 0 Å². The number of nitrogens with one attached hydrogen (secondary N) is 3. The van der Waals surface area contributed by atoms with Crippen molar-refractivity contribution in [3.63, 3.8) is 0 Å². The summed E-state index contributed by atoms with van der Waals surface area (Å²) in [4.78, 5) is 56.2. The summed E-state index contributed by atoms with van der Waals surface area (Å²) in [6, 6.07) is -2.07. The zero-order valence-corrected chi connectivity index (χ0v) is 13.7. The predicted octanol–water partition coefficient (Wildman–Crippen LogP) is -3.69. The van der Waals surface area contributed by atoms with Gasteiger partial charge in [0.1, 0.15) is 12.6 Å². The molecule has 24 heavy (non-hydrogen) atoms. The van der Waals surface area contributed by atoms with Crippen LogP contribution in [-0.2, 0) is 24.0 Å². The Kier molecular flexibility index (Phi) is 10.1. The smallest absolute Gasteiger partial charge is 0.322 e. The Morgan fingerprint density at radius 2 is 1.67 bits per heavy atom. The number of rotatable bonds is 11. The summed E-state index contributed by atoms with van der Waals surface area (Å²) < 4.78 is 0. The fourth-order valence-electron chi connectivity index (χ4n) is 1.44. The molecule has 0 spiro atoms. The molecule has 4 amide bonds. The van der Waals surface area contributed by atoms with Gasteiger partial charge in [0.05, 0.1) is 12.6 Å². The van der Waals surface area contributed by atoms with Gasteiger partial charge in [0, 0.05) is 12.2 Å². The van der Waals surface area contributed by atoms with Crippen molar-refractivity contribution in [3.8, 4) is 0 Å². The van der Waals surface area contributed by atoms with Gasteiger partial charge in [-0.05, 0) is 6.42 Å². The zero-order valence-electron chi connectivity index (χ0n) is 12.8. The highest BCUT2D eigenvalue weighted by atomic mass is 32.1. The highest BCUT2D eigenvalue weighted by Gasteiger charge is 2.24. The summed E-state index contributed by atoms with van der Waals surface area (Å²) in [6.07, 6.45) is -0.247. The van der Waals surface area contributed by atoms with E-state index in [0.717, 1.165) is 0 Å². The quantitative estimate of drug-likeness (QED) is 0.183. The minimum atomic E-state index is -1.23. The molecular weight excluding hydrogens is 342 g/mol. The second-order valence-corrected chi connectivity index (χ2v) is 5.11. The second-order valence-electron chi connectivity index (χ2n) is 4.74. The van der Waals surface area contributed by atoms with Crippen molar-refractivity contribution in [2.45, 2.75) is 24.9 Å². The molecule has 2 atom stereocenters. The van der Waals surface area contributed by atoms with Crippen molar-refractivity contribution >= 4 is 42.2 Å². The Morgan fingerprint density at radius 3 is 2.17 bits per heavy atom. The van der Waals surface area contributed by atoms with E-state index >= 15 is 0 Å². The molecule has 0 saturated carbocycles. The summed E-state index contributed by atoms with van der Waals surface area (Å²) in [5.74, 6) is -3.96. The molecule has 136 valence electrons. The van der Waals surface area contributed by atoms with Crippen molar-refractivity contribution in [2.24, 2.45) is 11.5 Å². The van der Waals surface area contributed by atoms with Crippen molar-refractivity contribution in [2.75, 3.05) is 18.8 Å². The van der Waals surface area contributed by atoms with Gasteiger partial charge in [-0.1, -0.05) is 0 Å². The van der Waals surface area contributed by atoms with Crippen LogP contribution in [0.5, 0.6) is 0 Å². The normalized spacial score (nSPS) is 12.6. The van der Waals surface area contributed by atoms with E-state index in [1.165, 1.54) is 0 Å². The number of carbonyl (C=O) groups excluding carboxylic acids is 4. The Bertz CT molecular complexity index is 500. The lowest BCUT2D eigenvalue weighted by Crippen LogP contribution is -2.53. The van der Waals surface area contributed by atoms with E-state index in [9.17, 15) is 24.0 Å². The summed E-state index contributed by atoms with van der Waals surface area (Å²) in [5.41, 5.74) is 10.5. The van der Waals surface area contributed by atoms with E-state index in [-0.39, 0.29) is 18.6 Å². The molecule has 0 rings (SSSR count). The summed E-state index contributed by atoms with van der Waals surface area (Å²) >= 11 is 3.86. The molecule has 0 aliphatic rings. The Morgan fingerprint density at radius 1 is 1.04 bits per heavy atom. The third-order valence-electron chi connectivity index (χ3n) is 2.71. The van der Waals surface area contributed by atoms with Gasteiger partial charge < -0.3 is 32.5 Å². The van der Waals surface area contributed by atoms with Gasteiger partial charge in [-0.15, -0.1) is 0 Å². The van der Waals surface area contributed by atoms with E-state index < -0.39 is 54.8 Å². The molecule has 0 aromatic rings. The molecule has 0 aliphatic carbocycles. The highest BCUT2D eigenvalue weighted by molar-refractivity contribution is 7.80. The molecule has 11 nitrogen and oxygen atoms in total. The van der Waals surface area contributed by atoms with Crippen LogP contribution in [0.15, 0.2) is 0 Å². The number of carbonyl (C=O) groups is 5. The van der Waals surface area contributed by atoms with Crippen molar-refractivity contribution in [1.82, 2.24) is 16.0 Å². The van der Waals surface area contributed by atoms with E-state index in [1.54, 1.807) is 0 Å². The monoisotopic (exact) mass is 363 g/mol. The summed E-state index contributed by atoms with van der Waals surface area (Å²) in [6.45, 7) is -1.08. The van der Waals surface area contributed by atoms with Crippen LogP contribution in [0.1, 0.15) is 12.8 Å². The van der Waals surface area contributed by atoms with Crippen LogP contribution >= 0.6 is 12.6 Å². The number of carboxylic acids is 1. The molecule has 0 radical (unpaired) electrons. The van der Waals surface area contributed by atoms with Gasteiger partial charge in [-0.2, -0.15) is 12.6 Å². The zero-order chi connectivity index (χ0) is 18.7. The first-order valence-corrected chi connectivity index (χ1v) is 7.52. The fourth-order valence-corrected chi connectivity index (χ4v) is 1.61. The number of hydrogen-bond donors (Lipinski definition) is 7. The maximum Gasteiger partial charge on any atom is 0.322 e. The lowest BCUT2D eigenvalue weighted by Gasteiger charge is -2.19. The van der Waals surface area contributed by atoms with E-state index in [2.05, 4.69) is 23.3 Å². The van der Waals surface area contributed by atoms with E-state index in [1.807, 2.05) is 5.32 Å². The Labute approximate surface area is 143 Å². The molecular formula is C12H21N5O6S. The van der Waals surface area contributed by atoms with Crippen LogP contribution in [0.4, 0.5) is 0 Å². The molecule has 2 unspecified atom stereocenters.